The van der Waals surface area contributed by atoms with Crippen molar-refractivity contribution in [2.45, 2.75) is 6.54 Å². The van der Waals surface area contributed by atoms with Gasteiger partial charge < -0.3 is 4.57 Å². The Morgan fingerprint density at radius 2 is 1.95 bits per heavy atom. The number of carbonyl (C=O) groups is 1. The molecule has 0 radical (unpaired) electrons. The SMILES string of the molecule is O=C(NO)c1ccc2ccn(C/C=C/c3ccccc3)c2c1. The number of nitrogens with zero attached hydrogens (tertiary/aromatic N) is 1. The molecule has 110 valence electrons. The molecule has 2 aromatic carbocycles. The number of allylic oxidation sites excluding steroid dienone is 1. The zero-order valence-corrected chi connectivity index (χ0v) is 11.9. The van der Waals surface area contributed by atoms with Crippen LogP contribution in [0.2, 0.25) is 0 Å². The molecule has 0 aliphatic rings. The van der Waals surface area contributed by atoms with E-state index in [0.29, 0.717) is 12.1 Å². The molecular weight excluding hydrogens is 276 g/mol. The van der Waals surface area contributed by atoms with Gasteiger partial charge in [0.15, 0.2) is 0 Å². The van der Waals surface area contributed by atoms with Crippen LogP contribution in [0.5, 0.6) is 0 Å². The highest BCUT2D eigenvalue weighted by Crippen LogP contribution is 2.18. The van der Waals surface area contributed by atoms with Gasteiger partial charge in [0.1, 0.15) is 0 Å². The van der Waals surface area contributed by atoms with Crippen molar-refractivity contribution in [2.75, 3.05) is 0 Å². The van der Waals surface area contributed by atoms with Crippen molar-refractivity contribution in [1.29, 1.82) is 0 Å². The molecule has 4 nitrogen and oxygen atoms in total. The summed E-state index contributed by atoms with van der Waals surface area (Å²) in [7, 11) is 0. The average molecular weight is 292 g/mol. The molecule has 4 heteroatoms. The third kappa shape index (κ3) is 2.92. The van der Waals surface area contributed by atoms with Crippen LogP contribution in [0.4, 0.5) is 0 Å². The molecule has 0 aliphatic carbocycles. The molecule has 0 unspecified atom stereocenters. The van der Waals surface area contributed by atoms with Crippen molar-refractivity contribution in [3.8, 4) is 0 Å². The van der Waals surface area contributed by atoms with Gasteiger partial charge in [0.05, 0.1) is 0 Å². The lowest BCUT2D eigenvalue weighted by atomic mass is 10.1. The van der Waals surface area contributed by atoms with Gasteiger partial charge in [-0.15, -0.1) is 0 Å². The smallest absolute Gasteiger partial charge is 0.274 e. The fourth-order valence-corrected chi connectivity index (χ4v) is 2.42. The normalized spacial score (nSPS) is 11.1. The summed E-state index contributed by atoms with van der Waals surface area (Å²) >= 11 is 0. The summed E-state index contributed by atoms with van der Waals surface area (Å²) in [6.45, 7) is 0.711. The Hall–Kier alpha value is -2.85. The van der Waals surface area contributed by atoms with Crippen LogP contribution in [-0.4, -0.2) is 15.7 Å². The number of rotatable bonds is 4. The summed E-state index contributed by atoms with van der Waals surface area (Å²) < 4.78 is 2.06. The Kier molecular flexibility index (Phi) is 4.03. The predicted octanol–water partition coefficient (Wildman–Crippen LogP) is 3.47. The molecule has 0 fully saturated rings. The minimum absolute atomic E-state index is 0.432. The number of hydrogen-bond acceptors (Lipinski definition) is 2. The summed E-state index contributed by atoms with van der Waals surface area (Å²) in [4.78, 5) is 11.5. The van der Waals surface area contributed by atoms with Crippen molar-refractivity contribution >= 4 is 22.9 Å². The van der Waals surface area contributed by atoms with Gasteiger partial charge in [0.2, 0.25) is 0 Å². The van der Waals surface area contributed by atoms with E-state index in [1.165, 1.54) is 0 Å². The topological polar surface area (TPSA) is 54.3 Å². The van der Waals surface area contributed by atoms with Crippen molar-refractivity contribution < 1.29 is 10.0 Å². The minimum atomic E-state index is -0.505. The summed E-state index contributed by atoms with van der Waals surface area (Å²) in [5, 5.41) is 9.79. The Morgan fingerprint density at radius 3 is 2.73 bits per heavy atom. The molecular formula is C18H16N2O2. The third-order valence-corrected chi connectivity index (χ3v) is 3.55. The second kappa shape index (κ2) is 6.28. The van der Waals surface area contributed by atoms with Gasteiger partial charge in [-0.05, 0) is 29.1 Å². The zero-order valence-electron chi connectivity index (χ0n) is 11.9. The summed E-state index contributed by atoms with van der Waals surface area (Å²) in [6.07, 6.45) is 6.13. The number of hydrogen-bond donors (Lipinski definition) is 2. The van der Waals surface area contributed by atoms with Crippen LogP contribution in [0.25, 0.3) is 17.0 Å². The van der Waals surface area contributed by atoms with Crippen LogP contribution in [0.3, 0.4) is 0 Å². The maximum Gasteiger partial charge on any atom is 0.274 e. The Balaban J connectivity index is 1.84. The number of amides is 1. The maximum atomic E-state index is 11.5. The van der Waals surface area contributed by atoms with E-state index >= 15 is 0 Å². The highest BCUT2D eigenvalue weighted by molar-refractivity contribution is 5.97. The molecule has 3 rings (SSSR count). The summed E-state index contributed by atoms with van der Waals surface area (Å²) in [5.74, 6) is -0.505. The molecule has 3 aromatic rings. The Labute approximate surface area is 128 Å². The number of nitrogens with one attached hydrogen (secondary N) is 1. The van der Waals surface area contributed by atoms with Gasteiger partial charge in [-0.2, -0.15) is 0 Å². The van der Waals surface area contributed by atoms with E-state index in [0.717, 1.165) is 16.5 Å². The largest absolute Gasteiger partial charge is 0.344 e. The van der Waals surface area contributed by atoms with Crippen molar-refractivity contribution in [3.63, 3.8) is 0 Å². The quantitative estimate of drug-likeness (QED) is 0.571. The molecule has 22 heavy (non-hydrogen) atoms. The number of fused-ring (bicyclic) bond motifs is 1. The molecule has 1 amide bonds. The van der Waals surface area contributed by atoms with Crippen LogP contribution in [0, 0.1) is 0 Å². The van der Waals surface area contributed by atoms with Crippen LogP contribution >= 0.6 is 0 Å². The van der Waals surface area contributed by atoms with Gasteiger partial charge in [0, 0.05) is 23.8 Å². The van der Waals surface area contributed by atoms with Crippen molar-refractivity contribution in [3.05, 3.63) is 78.0 Å². The maximum absolute atomic E-state index is 11.5. The van der Waals surface area contributed by atoms with Crippen LogP contribution < -0.4 is 5.48 Å². The number of aromatic nitrogens is 1. The van der Waals surface area contributed by atoms with E-state index in [2.05, 4.69) is 16.7 Å². The monoisotopic (exact) mass is 292 g/mol. The van der Waals surface area contributed by atoms with Crippen LogP contribution in [0.15, 0.2) is 66.9 Å². The molecule has 0 atom stereocenters. The molecule has 1 heterocycles. The second-order valence-electron chi connectivity index (χ2n) is 5.00. The van der Waals surface area contributed by atoms with E-state index in [9.17, 15) is 4.79 Å². The standard InChI is InChI=1S/C18H16N2O2/c21-18(19-22)16-9-8-15-10-12-20(17(15)13-16)11-4-7-14-5-2-1-3-6-14/h1-10,12-13,22H,11H2,(H,19,21)/b7-4+. The first-order valence-electron chi connectivity index (χ1n) is 7.03. The van der Waals surface area contributed by atoms with E-state index in [4.69, 9.17) is 5.21 Å². The molecule has 0 bridgehead atoms. The zero-order chi connectivity index (χ0) is 15.4. The first kappa shape index (κ1) is 14.1. The molecule has 0 aliphatic heterocycles. The molecule has 0 saturated heterocycles. The third-order valence-electron chi connectivity index (χ3n) is 3.55. The number of hydroxylamine groups is 1. The van der Waals surface area contributed by atoms with E-state index < -0.39 is 5.91 Å². The van der Waals surface area contributed by atoms with Crippen molar-refractivity contribution in [1.82, 2.24) is 10.0 Å². The van der Waals surface area contributed by atoms with E-state index in [1.54, 1.807) is 17.6 Å². The van der Waals surface area contributed by atoms with Gasteiger partial charge in [-0.3, -0.25) is 10.0 Å². The lowest BCUT2D eigenvalue weighted by Crippen LogP contribution is -2.18. The first-order valence-corrected chi connectivity index (χ1v) is 7.03. The summed E-state index contributed by atoms with van der Waals surface area (Å²) in [6, 6.07) is 17.4. The lowest BCUT2D eigenvalue weighted by molar-refractivity contribution is 0.0706. The predicted molar refractivity (Wildman–Crippen MR) is 86.7 cm³/mol. The highest BCUT2D eigenvalue weighted by Gasteiger charge is 2.07. The van der Waals surface area contributed by atoms with Crippen LogP contribution in [0.1, 0.15) is 15.9 Å². The van der Waals surface area contributed by atoms with E-state index in [1.807, 2.05) is 48.7 Å². The van der Waals surface area contributed by atoms with Crippen LogP contribution in [-0.2, 0) is 6.54 Å². The number of carbonyl (C=O) groups excluding carboxylic acids is 1. The van der Waals surface area contributed by atoms with E-state index in [-0.39, 0.29) is 0 Å². The summed E-state index contributed by atoms with van der Waals surface area (Å²) in [5.41, 5.74) is 4.20. The lowest BCUT2D eigenvalue weighted by Gasteiger charge is -2.04. The first-order chi connectivity index (χ1) is 10.8. The fourth-order valence-electron chi connectivity index (χ4n) is 2.42. The number of benzene rings is 2. The van der Waals surface area contributed by atoms with Gasteiger partial charge >= 0.3 is 0 Å². The minimum Gasteiger partial charge on any atom is -0.344 e. The highest BCUT2D eigenvalue weighted by atomic mass is 16.5. The Morgan fingerprint density at radius 1 is 1.14 bits per heavy atom. The van der Waals surface area contributed by atoms with Crippen molar-refractivity contribution in [2.24, 2.45) is 0 Å². The average Bonchev–Trinajstić information content (AvgIpc) is 2.97. The van der Waals surface area contributed by atoms with Gasteiger partial charge in [-0.1, -0.05) is 48.6 Å². The molecule has 0 saturated carbocycles. The molecule has 0 spiro atoms. The molecule has 1 aromatic heterocycles. The van der Waals surface area contributed by atoms with Gasteiger partial charge in [-0.25, -0.2) is 5.48 Å². The Bertz CT molecular complexity index is 819. The van der Waals surface area contributed by atoms with Gasteiger partial charge in [0.25, 0.3) is 5.91 Å². The second-order valence-corrected chi connectivity index (χ2v) is 5.00. The molecule has 2 N–H and O–H groups in total. The fraction of sp³-hybridized carbons (Fsp3) is 0.0556.